The first-order valence-electron chi connectivity index (χ1n) is 16.5. The Labute approximate surface area is 306 Å². The molecule has 5 atom stereocenters. The van der Waals surface area contributed by atoms with Gasteiger partial charge in [0.1, 0.15) is 12.2 Å². The molecule has 50 heavy (non-hydrogen) atoms. The van der Waals surface area contributed by atoms with E-state index in [1.807, 2.05) is 80.7 Å². The van der Waals surface area contributed by atoms with Gasteiger partial charge in [0.05, 0.1) is 13.0 Å². The fourth-order valence-corrected chi connectivity index (χ4v) is 8.61. The second-order valence-corrected chi connectivity index (χ2v) is 13.7. The molecule has 0 aromatic heterocycles. The van der Waals surface area contributed by atoms with Gasteiger partial charge in [-0.1, -0.05) is 165 Å². The summed E-state index contributed by atoms with van der Waals surface area (Å²) in [4.78, 5) is 30.1. The smallest absolute Gasteiger partial charge is 0.168 e. The number of benzene rings is 1. The van der Waals surface area contributed by atoms with Crippen molar-refractivity contribution in [1.82, 2.24) is 0 Å². The maximum atomic E-state index is 14.5. The predicted octanol–water partition coefficient (Wildman–Crippen LogP) is 11.2. The molecule has 6 heteroatoms. The first-order valence-corrected chi connectivity index (χ1v) is 18.1. The summed E-state index contributed by atoms with van der Waals surface area (Å²) in [7, 11) is 3.07. The van der Waals surface area contributed by atoms with Gasteiger partial charge in [-0.25, -0.2) is 9.78 Å². The Morgan fingerprint density at radius 2 is 1.52 bits per heavy atom. The number of ether oxygens (including phenoxy) is 1. The van der Waals surface area contributed by atoms with Crippen LogP contribution in [-0.2, 0) is 19.3 Å². The maximum absolute atomic E-state index is 14.5. The molecular weight excluding hydrogens is 657 g/mol. The Kier molecular flexibility index (Phi) is 14.9. The van der Waals surface area contributed by atoms with Crippen LogP contribution in [0, 0.1) is 17.8 Å². The normalized spacial score (nSPS) is 25.8. The molecule has 1 fully saturated rings. The second-order valence-electron chi connectivity index (χ2n) is 11.5. The molecule has 1 aliphatic carbocycles. The van der Waals surface area contributed by atoms with Crippen LogP contribution in [0.4, 0.5) is 0 Å². The summed E-state index contributed by atoms with van der Waals surface area (Å²) in [5, 5.41) is 0. The zero-order valence-corrected chi connectivity index (χ0v) is 30.9. The van der Waals surface area contributed by atoms with Crippen molar-refractivity contribution in [2.45, 2.75) is 26.1 Å². The number of allylic oxidation sites excluding steroid dienone is 19. The van der Waals surface area contributed by atoms with E-state index >= 15 is 0 Å². The second kappa shape index (κ2) is 19.3. The van der Waals surface area contributed by atoms with Crippen molar-refractivity contribution in [1.29, 1.82) is 0 Å². The van der Waals surface area contributed by atoms with E-state index in [1.165, 1.54) is 7.11 Å². The van der Waals surface area contributed by atoms with E-state index in [0.717, 1.165) is 47.5 Å². The molecule has 4 nitrogen and oxygen atoms in total. The van der Waals surface area contributed by atoms with E-state index in [4.69, 9.17) is 14.5 Å². The number of hydrogen-bond donors (Lipinski definition) is 0. The predicted molar refractivity (Wildman–Crippen MR) is 215 cm³/mol. The van der Waals surface area contributed by atoms with Crippen molar-refractivity contribution in [3.8, 4) is 0 Å². The highest BCUT2D eigenvalue weighted by molar-refractivity contribution is 8.12. The highest BCUT2D eigenvalue weighted by atomic mass is 32.2. The summed E-state index contributed by atoms with van der Waals surface area (Å²) in [5.74, 6) is -1.40. The molecule has 0 spiro atoms. The monoisotopic (exact) mass is 702 g/mol. The number of rotatable bonds is 15. The van der Waals surface area contributed by atoms with Crippen molar-refractivity contribution >= 4 is 34.2 Å². The van der Waals surface area contributed by atoms with E-state index in [0.29, 0.717) is 0 Å². The van der Waals surface area contributed by atoms with E-state index in [-0.39, 0.29) is 11.7 Å². The number of thioether (sulfide) groups is 2. The summed E-state index contributed by atoms with van der Waals surface area (Å²) >= 11 is 3.32. The highest BCUT2D eigenvalue weighted by Crippen LogP contribution is 2.48. The van der Waals surface area contributed by atoms with Crippen molar-refractivity contribution < 1.29 is 19.3 Å². The summed E-state index contributed by atoms with van der Waals surface area (Å²) in [6, 6.07) is 10.2. The Bertz CT molecular complexity index is 1770. The van der Waals surface area contributed by atoms with Gasteiger partial charge in [-0.15, -0.1) is 0 Å². The zero-order valence-electron chi connectivity index (χ0n) is 29.3. The van der Waals surface area contributed by atoms with Crippen LogP contribution in [0.25, 0.3) is 4.91 Å². The SMILES string of the molecule is C=C/C=C\C(=C/C)C1=CC(C2C(=O)C(OC)C(C=C3C=C(/C(C=C)=C/C=C)SC(c4ccccc4)=C3)C2OOC)C=C(/C(C=C)=C/C=C\C)S1. The van der Waals surface area contributed by atoms with Crippen molar-refractivity contribution in [3.05, 3.63) is 196 Å². The molecule has 0 bridgehead atoms. The summed E-state index contributed by atoms with van der Waals surface area (Å²) in [5.41, 5.74) is 4.97. The summed E-state index contributed by atoms with van der Waals surface area (Å²) < 4.78 is 5.98. The highest BCUT2D eigenvalue weighted by Gasteiger charge is 2.53. The van der Waals surface area contributed by atoms with Gasteiger partial charge in [-0.3, -0.25) is 4.79 Å². The van der Waals surface area contributed by atoms with E-state index in [9.17, 15) is 4.79 Å². The van der Waals surface area contributed by atoms with Crippen LogP contribution in [0.1, 0.15) is 19.4 Å². The standard InChI is InChI=1S/C44H46O4S2/c1-9-15-21-32(13-5)39-28-35(29-40(50-39)33(14-6)22-16-10-2)41-42(45)44(46-7)36(43(41)48-47-8)25-30-26-37(31(12-4)20-11-3)49-38(27-30)34-23-18-17-19-24-34/h9-29,35-36,41,43-44H,1,3-4,6H2,2,5,7-8H3/b16-10-,21-15-,30-25?,31-20+,32-13+,33-22+. The lowest BCUT2D eigenvalue weighted by atomic mass is 9.85. The first kappa shape index (κ1) is 38.6. The maximum Gasteiger partial charge on any atom is 0.168 e. The Balaban J connectivity index is 1.89. The van der Waals surface area contributed by atoms with Crippen molar-refractivity contribution in [2.75, 3.05) is 14.2 Å². The molecule has 1 aromatic rings. The van der Waals surface area contributed by atoms with E-state index in [1.54, 1.807) is 42.8 Å². The molecule has 258 valence electrons. The van der Waals surface area contributed by atoms with Crippen molar-refractivity contribution in [3.63, 3.8) is 0 Å². The Hall–Kier alpha value is -4.17. The number of Topliss-reactive ketones (excluding diaryl/α,β-unsaturated/α-hetero) is 1. The van der Waals surface area contributed by atoms with Gasteiger partial charge in [0.25, 0.3) is 0 Å². The molecule has 1 aromatic carbocycles. The van der Waals surface area contributed by atoms with E-state index < -0.39 is 24.0 Å². The molecule has 4 rings (SSSR count). The quantitative estimate of drug-likeness (QED) is 0.103. The number of hydrogen-bond acceptors (Lipinski definition) is 6. The molecule has 2 heterocycles. The van der Waals surface area contributed by atoms with Crippen LogP contribution in [0.5, 0.6) is 0 Å². The van der Waals surface area contributed by atoms with Gasteiger partial charge < -0.3 is 4.74 Å². The minimum atomic E-state index is -0.752. The fraction of sp³-hybridized carbons (Fsp3) is 0.205. The van der Waals surface area contributed by atoms with Crippen LogP contribution in [-0.4, -0.2) is 32.2 Å². The largest absolute Gasteiger partial charge is 0.373 e. The number of ketones is 1. The van der Waals surface area contributed by atoms with Gasteiger partial charge in [0.2, 0.25) is 0 Å². The number of carbonyl (C=O) groups is 1. The van der Waals surface area contributed by atoms with Crippen LogP contribution in [0.2, 0.25) is 0 Å². The third-order valence-corrected chi connectivity index (χ3v) is 10.8. The number of carbonyl (C=O) groups excluding carboxylic acids is 1. The van der Waals surface area contributed by atoms with Crippen LogP contribution >= 0.6 is 23.5 Å². The van der Waals surface area contributed by atoms with Gasteiger partial charge in [0.15, 0.2) is 5.78 Å². The van der Waals surface area contributed by atoms with Crippen molar-refractivity contribution in [2.24, 2.45) is 17.8 Å². The first-order chi connectivity index (χ1) is 24.4. The molecule has 0 radical (unpaired) electrons. The molecule has 3 aliphatic rings. The molecule has 1 saturated carbocycles. The average Bonchev–Trinajstić information content (AvgIpc) is 3.40. The lowest BCUT2D eigenvalue weighted by Gasteiger charge is -2.29. The number of methoxy groups -OCH3 is 1. The molecular formula is C44H46O4S2. The Morgan fingerprint density at radius 1 is 0.820 bits per heavy atom. The molecule has 5 unspecified atom stereocenters. The third-order valence-electron chi connectivity index (χ3n) is 8.52. The third kappa shape index (κ3) is 9.13. The lowest BCUT2D eigenvalue weighted by Crippen LogP contribution is -2.32. The average molecular weight is 703 g/mol. The fourth-order valence-electron chi connectivity index (χ4n) is 6.20. The molecule has 2 aliphatic heterocycles. The zero-order chi connectivity index (χ0) is 36.0. The van der Waals surface area contributed by atoms with Crippen LogP contribution in [0.15, 0.2) is 191 Å². The van der Waals surface area contributed by atoms with Gasteiger partial charge in [0, 0.05) is 38.6 Å². The molecule has 0 saturated heterocycles. The van der Waals surface area contributed by atoms with Crippen LogP contribution < -0.4 is 0 Å². The van der Waals surface area contributed by atoms with Crippen LogP contribution in [0.3, 0.4) is 0 Å². The minimum absolute atomic E-state index is 0.0410. The lowest BCUT2D eigenvalue weighted by molar-refractivity contribution is -0.318. The van der Waals surface area contributed by atoms with Gasteiger partial charge in [-0.2, -0.15) is 0 Å². The molecule has 0 amide bonds. The topological polar surface area (TPSA) is 44.8 Å². The Morgan fingerprint density at radius 3 is 2.12 bits per heavy atom. The summed E-state index contributed by atoms with van der Waals surface area (Å²) in [6.45, 7) is 19.9. The summed E-state index contributed by atoms with van der Waals surface area (Å²) in [6.07, 6.45) is 30.4. The van der Waals surface area contributed by atoms with E-state index in [2.05, 4.69) is 74.9 Å². The minimum Gasteiger partial charge on any atom is -0.373 e. The van der Waals surface area contributed by atoms with Gasteiger partial charge >= 0.3 is 0 Å². The molecule has 0 N–H and O–H groups in total. The van der Waals surface area contributed by atoms with Gasteiger partial charge in [-0.05, 0) is 53.9 Å².